The van der Waals surface area contributed by atoms with Gasteiger partial charge < -0.3 is 9.64 Å². The minimum atomic E-state index is -0.325. The van der Waals surface area contributed by atoms with Crippen LogP contribution in [0.2, 0.25) is 0 Å². The first-order valence-corrected chi connectivity index (χ1v) is 14.0. The summed E-state index contributed by atoms with van der Waals surface area (Å²) in [5, 5.41) is 4.68. The van der Waals surface area contributed by atoms with Crippen LogP contribution in [0.15, 0.2) is 30.3 Å². The van der Waals surface area contributed by atoms with E-state index in [4.69, 9.17) is 4.74 Å². The fraction of sp³-hybridized carbons (Fsp3) is 0.533. The zero-order valence-electron chi connectivity index (χ0n) is 22.6. The van der Waals surface area contributed by atoms with E-state index in [0.29, 0.717) is 29.0 Å². The molecule has 1 saturated carbocycles. The number of halogens is 1. The van der Waals surface area contributed by atoms with Gasteiger partial charge in [0, 0.05) is 29.9 Å². The molecule has 1 saturated heterocycles. The summed E-state index contributed by atoms with van der Waals surface area (Å²) in [6.07, 6.45) is 8.17. The van der Waals surface area contributed by atoms with Gasteiger partial charge in [-0.15, -0.1) is 0 Å². The maximum Gasteiger partial charge on any atom is 0.308 e. The number of amides is 1. The molecule has 0 N–H and O–H groups in total. The van der Waals surface area contributed by atoms with Gasteiger partial charge in [0.25, 0.3) is 5.91 Å². The Morgan fingerprint density at radius 1 is 1.05 bits per heavy atom. The van der Waals surface area contributed by atoms with E-state index in [1.807, 2.05) is 24.0 Å². The van der Waals surface area contributed by atoms with Gasteiger partial charge in [0.15, 0.2) is 5.65 Å². The molecular weight excluding hydrogens is 483 g/mol. The molecule has 7 nitrogen and oxygen atoms in total. The van der Waals surface area contributed by atoms with Crippen LogP contribution in [0.1, 0.15) is 92.9 Å². The smallest absolute Gasteiger partial charge is 0.308 e. The van der Waals surface area contributed by atoms with Gasteiger partial charge in [-0.2, -0.15) is 5.10 Å². The van der Waals surface area contributed by atoms with Crippen molar-refractivity contribution in [3.05, 3.63) is 53.1 Å². The third-order valence-electron chi connectivity index (χ3n) is 8.40. The summed E-state index contributed by atoms with van der Waals surface area (Å²) in [7, 11) is 1.43. The highest BCUT2D eigenvalue weighted by atomic mass is 19.1. The van der Waals surface area contributed by atoms with Gasteiger partial charge in [0.2, 0.25) is 0 Å². The van der Waals surface area contributed by atoms with Crippen molar-refractivity contribution >= 4 is 17.5 Å². The molecule has 2 fully saturated rings. The van der Waals surface area contributed by atoms with Crippen LogP contribution in [0.5, 0.6) is 0 Å². The number of rotatable bonds is 5. The number of methoxy groups -OCH3 is 1. The predicted octanol–water partition coefficient (Wildman–Crippen LogP) is 5.95. The maximum absolute atomic E-state index is 15.4. The number of ether oxygens (including phenoxy) is 1. The molecule has 1 aromatic carbocycles. The lowest BCUT2D eigenvalue weighted by molar-refractivity contribution is -0.146. The van der Waals surface area contributed by atoms with E-state index in [9.17, 15) is 9.59 Å². The molecule has 38 heavy (non-hydrogen) atoms. The molecule has 1 atom stereocenters. The van der Waals surface area contributed by atoms with Gasteiger partial charge in [0.1, 0.15) is 11.5 Å². The highest BCUT2D eigenvalue weighted by Gasteiger charge is 2.29. The number of hydrogen-bond donors (Lipinski definition) is 0. The number of esters is 1. The average Bonchev–Trinajstić information content (AvgIpc) is 3.25. The Bertz CT molecular complexity index is 1330. The molecule has 0 spiro atoms. The van der Waals surface area contributed by atoms with E-state index >= 15 is 4.39 Å². The number of hydrogen-bond acceptors (Lipinski definition) is 5. The van der Waals surface area contributed by atoms with Crippen molar-refractivity contribution in [1.82, 2.24) is 19.5 Å². The number of carbonyl (C=O) groups is 2. The van der Waals surface area contributed by atoms with Gasteiger partial charge in [-0.25, -0.2) is 13.9 Å². The third-order valence-corrected chi connectivity index (χ3v) is 8.40. The fourth-order valence-corrected chi connectivity index (χ4v) is 6.08. The third kappa shape index (κ3) is 5.18. The van der Waals surface area contributed by atoms with E-state index in [1.54, 1.807) is 22.7 Å². The summed E-state index contributed by atoms with van der Waals surface area (Å²) in [5.41, 5.74) is 3.70. The summed E-state index contributed by atoms with van der Waals surface area (Å²) >= 11 is 0. The maximum atomic E-state index is 15.4. The number of benzene rings is 1. The normalized spacial score (nSPS) is 22.3. The van der Waals surface area contributed by atoms with Crippen molar-refractivity contribution < 1.29 is 18.7 Å². The van der Waals surface area contributed by atoms with Gasteiger partial charge in [0.05, 0.1) is 18.7 Å². The average molecular weight is 521 g/mol. The molecule has 202 valence electrons. The Balaban J connectivity index is 1.40. The zero-order valence-corrected chi connectivity index (χ0v) is 22.6. The summed E-state index contributed by atoms with van der Waals surface area (Å²) < 4.78 is 22.0. The van der Waals surface area contributed by atoms with Crippen LogP contribution in [-0.4, -0.2) is 51.1 Å². The number of aryl methyl sites for hydroxylation is 1. The van der Waals surface area contributed by atoms with Crippen molar-refractivity contribution in [2.45, 2.75) is 83.6 Å². The van der Waals surface area contributed by atoms with Crippen LogP contribution in [0.4, 0.5) is 4.39 Å². The largest absolute Gasteiger partial charge is 0.469 e. The standard InChI is InChI=1S/C30H37FN4O3/c1-4-23-17-27(29(36)34-15-7-5-6-8-19(34)2)32-28-18-26(33-35(23)28)24-14-13-22(16-25(24)31)20-9-11-21(12-10-20)30(37)38-3/h13-14,16-21H,4-12,15H2,1-3H3/t19-,20?,21?/m1/s1. The van der Waals surface area contributed by atoms with Gasteiger partial charge in [-0.05, 0) is 81.5 Å². The Hall–Kier alpha value is -3.29. The topological polar surface area (TPSA) is 76.8 Å². The van der Waals surface area contributed by atoms with E-state index < -0.39 is 0 Å². The second-order valence-corrected chi connectivity index (χ2v) is 10.8. The minimum absolute atomic E-state index is 0.0446. The quantitative estimate of drug-likeness (QED) is 0.389. The van der Waals surface area contributed by atoms with E-state index in [2.05, 4.69) is 17.0 Å². The van der Waals surface area contributed by atoms with Crippen molar-refractivity contribution in [3.8, 4) is 11.3 Å². The Kier molecular flexibility index (Phi) is 7.77. The number of likely N-dealkylation sites (tertiary alicyclic amines) is 1. The first-order valence-electron chi connectivity index (χ1n) is 14.0. The molecular formula is C30H37FN4O3. The molecule has 2 aliphatic rings. The van der Waals surface area contributed by atoms with E-state index in [1.165, 1.54) is 7.11 Å². The zero-order chi connectivity index (χ0) is 26.8. The summed E-state index contributed by atoms with van der Waals surface area (Å²) in [5.74, 6) is -0.352. The molecule has 3 aromatic rings. The second-order valence-electron chi connectivity index (χ2n) is 10.8. The van der Waals surface area contributed by atoms with Crippen molar-refractivity contribution in [2.75, 3.05) is 13.7 Å². The Morgan fingerprint density at radius 3 is 2.55 bits per heavy atom. The number of nitrogens with zero attached hydrogens (tertiary/aromatic N) is 4. The Labute approximate surface area is 223 Å². The SMILES string of the molecule is CCc1cc(C(=O)N2CCCCC[C@H]2C)nc2cc(-c3ccc(C4CCC(C(=O)OC)CC4)cc3F)nn12. The fourth-order valence-electron chi connectivity index (χ4n) is 6.08. The molecule has 8 heteroatoms. The first-order chi connectivity index (χ1) is 18.4. The number of aromatic nitrogens is 3. The highest BCUT2D eigenvalue weighted by molar-refractivity contribution is 5.93. The summed E-state index contributed by atoms with van der Waals surface area (Å²) in [6.45, 7) is 4.88. The van der Waals surface area contributed by atoms with Crippen molar-refractivity contribution in [3.63, 3.8) is 0 Å². The predicted molar refractivity (Wildman–Crippen MR) is 143 cm³/mol. The van der Waals surface area contributed by atoms with Crippen LogP contribution in [0.3, 0.4) is 0 Å². The molecule has 5 rings (SSSR count). The van der Waals surface area contributed by atoms with Crippen molar-refractivity contribution in [2.24, 2.45) is 5.92 Å². The summed E-state index contributed by atoms with van der Waals surface area (Å²) in [6, 6.07) is 9.14. The van der Waals surface area contributed by atoms with Crippen LogP contribution in [0, 0.1) is 11.7 Å². The molecule has 1 aliphatic carbocycles. The van der Waals surface area contributed by atoms with Crippen LogP contribution >= 0.6 is 0 Å². The highest BCUT2D eigenvalue weighted by Crippen LogP contribution is 2.37. The van der Waals surface area contributed by atoms with Gasteiger partial charge >= 0.3 is 5.97 Å². The molecule has 1 aliphatic heterocycles. The lowest BCUT2D eigenvalue weighted by Crippen LogP contribution is -2.38. The molecule has 3 heterocycles. The number of carbonyl (C=O) groups excluding carboxylic acids is 2. The lowest BCUT2D eigenvalue weighted by Gasteiger charge is -2.27. The van der Waals surface area contributed by atoms with Gasteiger partial charge in [-0.1, -0.05) is 25.8 Å². The van der Waals surface area contributed by atoms with Crippen LogP contribution in [-0.2, 0) is 16.0 Å². The van der Waals surface area contributed by atoms with Crippen molar-refractivity contribution in [1.29, 1.82) is 0 Å². The Morgan fingerprint density at radius 2 is 1.84 bits per heavy atom. The molecule has 0 unspecified atom stereocenters. The van der Waals surface area contributed by atoms with E-state index in [0.717, 1.165) is 69.2 Å². The van der Waals surface area contributed by atoms with E-state index in [-0.39, 0.29) is 35.6 Å². The van der Waals surface area contributed by atoms with Crippen LogP contribution in [0.25, 0.3) is 16.9 Å². The molecule has 0 radical (unpaired) electrons. The first kappa shape index (κ1) is 26.3. The summed E-state index contributed by atoms with van der Waals surface area (Å²) in [4.78, 5) is 31.9. The lowest BCUT2D eigenvalue weighted by atomic mass is 9.78. The molecule has 0 bridgehead atoms. The number of fused-ring (bicyclic) bond motifs is 1. The molecule has 2 aromatic heterocycles. The van der Waals surface area contributed by atoms with Gasteiger partial charge in [-0.3, -0.25) is 9.59 Å². The molecule has 1 amide bonds. The second kappa shape index (κ2) is 11.2. The monoisotopic (exact) mass is 520 g/mol. The van der Waals surface area contributed by atoms with Crippen LogP contribution < -0.4 is 0 Å². The minimum Gasteiger partial charge on any atom is -0.469 e.